The van der Waals surface area contributed by atoms with E-state index in [-0.39, 0.29) is 28.3 Å². The first kappa shape index (κ1) is 36.5. The summed E-state index contributed by atoms with van der Waals surface area (Å²) >= 11 is 13.0. The van der Waals surface area contributed by atoms with E-state index in [1.807, 2.05) is 17.0 Å². The van der Waals surface area contributed by atoms with Gasteiger partial charge in [-0.25, -0.2) is 18.2 Å². The molecule has 2 fully saturated rings. The molecule has 51 heavy (non-hydrogen) atoms. The summed E-state index contributed by atoms with van der Waals surface area (Å²) in [6.07, 6.45) is 12.0. The molecule has 0 spiro atoms. The molecule has 2 aromatic carbocycles. The number of nitrogens with one attached hydrogen (secondary N) is 2. The Hall–Kier alpha value is -4.27. The average molecular weight is 756 g/mol. The molecule has 3 heterocycles. The van der Waals surface area contributed by atoms with Gasteiger partial charge in [0, 0.05) is 40.7 Å². The third-order valence-electron chi connectivity index (χ3n) is 9.93. The number of sulfone groups is 1. The maximum atomic E-state index is 14.1. The Bertz CT molecular complexity index is 1980. The smallest absolute Gasteiger partial charge is 0.411 e. The van der Waals surface area contributed by atoms with Gasteiger partial charge in [0.1, 0.15) is 22.0 Å². The van der Waals surface area contributed by atoms with E-state index in [1.54, 1.807) is 36.4 Å². The van der Waals surface area contributed by atoms with Crippen molar-refractivity contribution < 1.29 is 22.7 Å². The third kappa shape index (κ3) is 8.79. The molecule has 2 aliphatic rings. The topological polar surface area (TPSA) is 165 Å². The molecule has 1 saturated carbocycles. The van der Waals surface area contributed by atoms with Gasteiger partial charge in [-0.05, 0) is 77.9 Å². The molecule has 1 aliphatic carbocycles. The molecule has 2 N–H and O–H groups in total. The lowest BCUT2D eigenvalue weighted by Crippen LogP contribution is -2.31. The predicted octanol–water partition coefficient (Wildman–Crippen LogP) is 6.91. The van der Waals surface area contributed by atoms with E-state index < -0.39 is 15.9 Å². The molecule has 0 bridgehead atoms. The van der Waals surface area contributed by atoms with Crippen LogP contribution in [0.4, 0.5) is 10.5 Å². The van der Waals surface area contributed by atoms with Gasteiger partial charge in [-0.2, -0.15) is 4.68 Å². The van der Waals surface area contributed by atoms with E-state index in [9.17, 15) is 18.0 Å². The molecule has 16 heteroatoms. The lowest BCUT2D eigenvalue weighted by atomic mass is 9.83. The molecular weight excluding hydrogens is 715 g/mol. The summed E-state index contributed by atoms with van der Waals surface area (Å²) in [4.78, 5) is 35.7. The number of ether oxygens (including phenoxy) is 1. The number of imidazole rings is 1. The largest absolute Gasteiger partial charge is 0.453 e. The summed E-state index contributed by atoms with van der Waals surface area (Å²) in [5, 5.41) is 14.6. The van der Waals surface area contributed by atoms with E-state index in [2.05, 4.69) is 30.6 Å². The fourth-order valence-electron chi connectivity index (χ4n) is 7.29. The molecule has 4 atom stereocenters. The van der Waals surface area contributed by atoms with E-state index in [4.69, 9.17) is 28.2 Å². The number of aromatic amines is 1. The molecule has 270 valence electrons. The second-order valence-corrected chi connectivity index (χ2v) is 16.3. The SMILES string of the molecule is COC(=O)Nc1ccc(-c2[nH]c(C3CC(C4CCCCC(S(C)(=O)=O)CCC4)CN3C(=O)/C=C/c3cc(Cl)ccc3-n3cnnn3)nc2Cl)cc1. The Morgan fingerprint density at radius 1 is 1.02 bits per heavy atom. The van der Waals surface area contributed by atoms with Crippen LogP contribution in [0, 0.1) is 11.8 Å². The average Bonchev–Trinajstić information content (AvgIpc) is 3.88. The number of halogens is 2. The summed E-state index contributed by atoms with van der Waals surface area (Å²) in [5.41, 5.74) is 3.25. The minimum absolute atomic E-state index is 0.182. The zero-order valence-corrected chi connectivity index (χ0v) is 30.7. The molecule has 0 radical (unpaired) electrons. The van der Waals surface area contributed by atoms with Crippen LogP contribution in [0.15, 0.2) is 54.9 Å². The number of rotatable bonds is 8. The van der Waals surface area contributed by atoms with Gasteiger partial charge in [-0.1, -0.05) is 67.4 Å². The minimum Gasteiger partial charge on any atom is -0.453 e. The van der Waals surface area contributed by atoms with Gasteiger partial charge < -0.3 is 14.6 Å². The van der Waals surface area contributed by atoms with Crippen LogP contribution in [-0.4, -0.2) is 80.7 Å². The van der Waals surface area contributed by atoms with Crippen molar-refractivity contribution in [2.24, 2.45) is 11.8 Å². The molecule has 4 unspecified atom stereocenters. The van der Waals surface area contributed by atoms with Crippen LogP contribution >= 0.6 is 23.2 Å². The van der Waals surface area contributed by atoms with Crippen LogP contribution in [0.25, 0.3) is 23.0 Å². The number of carbonyl (C=O) groups excluding carboxylic acids is 2. The highest BCUT2D eigenvalue weighted by Gasteiger charge is 2.41. The first-order valence-electron chi connectivity index (χ1n) is 16.9. The number of aromatic nitrogens is 6. The molecule has 2 amide bonds. The third-order valence-corrected chi connectivity index (χ3v) is 12.1. The highest BCUT2D eigenvalue weighted by atomic mass is 35.5. The zero-order chi connectivity index (χ0) is 36.1. The summed E-state index contributed by atoms with van der Waals surface area (Å²) in [7, 11) is -1.80. The minimum atomic E-state index is -3.10. The number of tetrazole rings is 1. The van der Waals surface area contributed by atoms with Crippen molar-refractivity contribution in [1.29, 1.82) is 0 Å². The van der Waals surface area contributed by atoms with Crippen molar-refractivity contribution in [3.63, 3.8) is 0 Å². The lowest BCUT2D eigenvalue weighted by molar-refractivity contribution is -0.127. The molecule has 1 aliphatic heterocycles. The Morgan fingerprint density at radius 3 is 2.49 bits per heavy atom. The molecule has 13 nitrogen and oxygen atoms in total. The number of anilines is 1. The number of methoxy groups -OCH3 is 1. The van der Waals surface area contributed by atoms with Crippen LogP contribution < -0.4 is 5.32 Å². The normalized spacial score (nSPS) is 21.6. The first-order valence-corrected chi connectivity index (χ1v) is 19.6. The number of H-pyrrole nitrogens is 1. The van der Waals surface area contributed by atoms with Crippen LogP contribution in [-0.2, 0) is 19.4 Å². The summed E-state index contributed by atoms with van der Waals surface area (Å²) in [5.74, 6) is 0.888. The molecule has 4 aromatic rings. The van der Waals surface area contributed by atoms with Crippen LogP contribution in [0.1, 0.15) is 68.8 Å². The van der Waals surface area contributed by atoms with Crippen molar-refractivity contribution in [3.8, 4) is 16.9 Å². The summed E-state index contributed by atoms with van der Waals surface area (Å²) in [6, 6.07) is 12.0. The number of hydrogen-bond donors (Lipinski definition) is 2. The Kier molecular flexibility index (Phi) is 11.4. The second-order valence-electron chi connectivity index (χ2n) is 13.2. The maximum absolute atomic E-state index is 14.1. The number of hydrogen-bond acceptors (Lipinski definition) is 9. The van der Waals surface area contributed by atoms with E-state index in [1.165, 1.54) is 30.5 Å². The molecule has 2 aromatic heterocycles. The highest BCUT2D eigenvalue weighted by Crippen LogP contribution is 2.43. The number of nitrogens with zero attached hydrogens (tertiary/aromatic N) is 6. The van der Waals surface area contributed by atoms with Crippen molar-refractivity contribution >= 4 is 56.8 Å². The zero-order valence-electron chi connectivity index (χ0n) is 28.3. The lowest BCUT2D eigenvalue weighted by Gasteiger charge is -2.24. The van der Waals surface area contributed by atoms with Gasteiger partial charge in [0.05, 0.1) is 29.8 Å². The monoisotopic (exact) mass is 754 g/mol. The van der Waals surface area contributed by atoms with Crippen LogP contribution in [0.5, 0.6) is 0 Å². The molecule has 6 rings (SSSR count). The van der Waals surface area contributed by atoms with Gasteiger partial charge in [0.25, 0.3) is 0 Å². The molecular formula is C35H40Cl2N8O5S. The Balaban J connectivity index is 1.28. The van der Waals surface area contributed by atoms with Crippen LogP contribution in [0.2, 0.25) is 10.2 Å². The fraction of sp³-hybridized carbons (Fsp3) is 0.429. The molecule has 1 saturated heterocycles. The number of benzene rings is 2. The van der Waals surface area contributed by atoms with Crippen molar-refractivity contribution in [1.82, 2.24) is 35.1 Å². The van der Waals surface area contributed by atoms with Gasteiger partial charge >= 0.3 is 6.09 Å². The summed E-state index contributed by atoms with van der Waals surface area (Å²) < 4.78 is 30.9. The Labute approximate surface area is 306 Å². The highest BCUT2D eigenvalue weighted by molar-refractivity contribution is 7.91. The van der Waals surface area contributed by atoms with E-state index in [0.717, 1.165) is 37.7 Å². The second kappa shape index (κ2) is 16.0. The first-order chi connectivity index (χ1) is 24.5. The summed E-state index contributed by atoms with van der Waals surface area (Å²) in [6.45, 7) is 0.519. The van der Waals surface area contributed by atoms with Crippen molar-refractivity contribution in [2.75, 3.05) is 25.2 Å². The van der Waals surface area contributed by atoms with E-state index in [0.29, 0.717) is 65.2 Å². The number of amides is 2. The fourth-order valence-corrected chi connectivity index (χ4v) is 8.91. The van der Waals surface area contributed by atoms with Crippen molar-refractivity contribution in [2.45, 2.75) is 62.7 Å². The Morgan fingerprint density at radius 2 is 1.76 bits per heavy atom. The van der Waals surface area contributed by atoms with Gasteiger partial charge in [-0.3, -0.25) is 10.1 Å². The van der Waals surface area contributed by atoms with E-state index >= 15 is 0 Å². The van der Waals surface area contributed by atoms with Gasteiger partial charge in [-0.15, -0.1) is 5.10 Å². The maximum Gasteiger partial charge on any atom is 0.411 e. The van der Waals surface area contributed by atoms with Gasteiger partial charge in [0.2, 0.25) is 5.91 Å². The van der Waals surface area contributed by atoms with Gasteiger partial charge in [0.15, 0.2) is 5.15 Å². The van der Waals surface area contributed by atoms with Crippen molar-refractivity contribution in [3.05, 3.63) is 76.4 Å². The number of carbonyl (C=O) groups is 2. The number of likely N-dealkylation sites (tertiary alicyclic amines) is 1. The predicted molar refractivity (Wildman–Crippen MR) is 195 cm³/mol. The standard InChI is InChI=1S/C35H40Cl2N8O5S/c1-50-35(47)39-27-14-10-23(11-15-27)32-33(37)41-34(40-32)30-19-25(22-6-3-4-8-28(9-5-7-22)51(2,48)49)20-44(30)31(46)17-12-24-18-26(36)13-16-29(24)45-21-38-42-43-45/h10-18,21-22,25,28,30H,3-9,19-20H2,1-2H3,(H,39,47)(H,40,41)/b17-12+. The quantitative estimate of drug-likeness (QED) is 0.182. The van der Waals surface area contributed by atoms with Crippen LogP contribution in [0.3, 0.4) is 0 Å².